The fraction of sp³-hybridized carbons (Fsp3) is 0.278. The Labute approximate surface area is 159 Å². The van der Waals surface area contributed by atoms with Crippen molar-refractivity contribution >= 4 is 33.7 Å². The Morgan fingerprint density at radius 3 is 2.58 bits per heavy atom. The zero-order valence-corrected chi connectivity index (χ0v) is 15.6. The minimum Gasteiger partial charge on any atom is -0.356 e. The van der Waals surface area contributed by atoms with E-state index in [1.807, 2.05) is 18.2 Å². The largest absolute Gasteiger partial charge is 0.356 e. The molecule has 26 heavy (non-hydrogen) atoms. The highest BCUT2D eigenvalue weighted by Gasteiger charge is 2.32. The molecule has 0 aliphatic carbocycles. The number of piperidine rings is 1. The third-order valence-corrected chi connectivity index (χ3v) is 4.68. The van der Waals surface area contributed by atoms with Crippen LogP contribution in [0.25, 0.3) is 0 Å². The summed E-state index contributed by atoms with van der Waals surface area (Å²) < 4.78 is 0.732. The highest BCUT2D eigenvalue weighted by molar-refractivity contribution is 9.10. The van der Waals surface area contributed by atoms with Gasteiger partial charge in [-0.1, -0.05) is 30.3 Å². The van der Waals surface area contributed by atoms with Crippen LogP contribution in [0.3, 0.4) is 0 Å². The van der Waals surface area contributed by atoms with Crippen molar-refractivity contribution in [2.24, 2.45) is 0 Å². The lowest BCUT2D eigenvalue weighted by molar-refractivity contribution is -0.143. The number of amides is 3. The Morgan fingerprint density at radius 2 is 1.92 bits per heavy atom. The van der Waals surface area contributed by atoms with Crippen LogP contribution in [0.15, 0.2) is 47.1 Å². The van der Waals surface area contributed by atoms with Crippen LogP contribution in [-0.4, -0.2) is 34.2 Å². The molecule has 0 radical (unpaired) electrons. The van der Waals surface area contributed by atoms with Crippen LogP contribution in [-0.2, 0) is 9.59 Å². The van der Waals surface area contributed by atoms with Crippen LogP contribution >= 0.6 is 15.9 Å². The molecule has 1 unspecified atom stereocenters. The maximum Gasteiger partial charge on any atom is 0.286 e. The minimum absolute atomic E-state index is 0.0557. The molecule has 2 heterocycles. The van der Waals surface area contributed by atoms with E-state index in [0.717, 1.165) is 17.3 Å². The number of carbonyl (C=O) groups excluding carboxylic acids is 3. The molecule has 1 fully saturated rings. The molecule has 2 aromatic rings. The lowest BCUT2D eigenvalue weighted by Crippen LogP contribution is -2.50. The number of nitrogens with zero attached hydrogens (tertiary/aromatic N) is 1. The van der Waals surface area contributed by atoms with Crippen LogP contribution < -0.4 is 10.9 Å². The molecule has 1 aromatic heterocycles. The number of H-pyrrole nitrogens is 1. The van der Waals surface area contributed by atoms with Crippen LogP contribution in [0.5, 0.6) is 0 Å². The summed E-state index contributed by atoms with van der Waals surface area (Å²) in [6.45, 7) is 0.517. The van der Waals surface area contributed by atoms with Crippen LogP contribution in [0.2, 0.25) is 0 Å². The van der Waals surface area contributed by atoms with Crippen molar-refractivity contribution in [1.29, 1.82) is 0 Å². The number of aromatic nitrogens is 1. The molecule has 1 saturated heterocycles. The van der Waals surface area contributed by atoms with E-state index in [1.54, 1.807) is 29.3 Å². The molecule has 1 atom stereocenters. The first kappa shape index (κ1) is 18.2. The second-order valence-corrected chi connectivity index (χ2v) is 6.95. The van der Waals surface area contributed by atoms with Gasteiger partial charge in [-0.3, -0.25) is 25.2 Å². The number of hydrogen-bond donors (Lipinski definition) is 3. The van der Waals surface area contributed by atoms with Gasteiger partial charge < -0.3 is 9.88 Å². The molecule has 1 aliphatic rings. The van der Waals surface area contributed by atoms with E-state index >= 15 is 0 Å². The molecule has 1 aromatic carbocycles. The average molecular weight is 419 g/mol. The first-order valence-electron chi connectivity index (χ1n) is 8.35. The van der Waals surface area contributed by atoms with E-state index < -0.39 is 17.9 Å². The van der Waals surface area contributed by atoms with Gasteiger partial charge in [0.1, 0.15) is 11.7 Å². The molecule has 8 heteroatoms. The summed E-state index contributed by atoms with van der Waals surface area (Å²) in [5.74, 6) is -0.980. The van der Waals surface area contributed by atoms with E-state index in [0.29, 0.717) is 24.2 Å². The maximum absolute atomic E-state index is 12.8. The van der Waals surface area contributed by atoms with Gasteiger partial charge in [-0.25, -0.2) is 0 Å². The van der Waals surface area contributed by atoms with Crippen molar-refractivity contribution < 1.29 is 14.4 Å². The second kappa shape index (κ2) is 8.18. The molecule has 7 nitrogen and oxygen atoms in total. The topological polar surface area (TPSA) is 94.3 Å². The molecular weight excluding hydrogens is 400 g/mol. The summed E-state index contributed by atoms with van der Waals surface area (Å²) in [6, 6.07) is 9.91. The quantitative estimate of drug-likeness (QED) is 0.664. The van der Waals surface area contributed by atoms with Gasteiger partial charge in [0.15, 0.2) is 0 Å². The number of carbonyl (C=O) groups is 3. The number of hydrazine groups is 1. The van der Waals surface area contributed by atoms with Gasteiger partial charge in [-0.15, -0.1) is 0 Å². The van der Waals surface area contributed by atoms with Gasteiger partial charge >= 0.3 is 0 Å². The number of aromatic amines is 1. The predicted molar refractivity (Wildman–Crippen MR) is 98.8 cm³/mol. The number of nitrogens with one attached hydrogen (secondary N) is 3. The lowest BCUT2D eigenvalue weighted by atomic mass is 10.0. The number of benzene rings is 1. The molecule has 1 aliphatic heterocycles. The van der Waals surface area contributed by atoms with Gasteiger partial charge in [0.2, 0.25) is 5.91 Å². The van der Waals surface area contributed by atoms with E-state index in [4.69, 9.17) is 0 Å². The summed E-state index contributed by atoms with van der Waals surface area (Å²) in [5.41, 5.74) is 5.84. The normalized spacial score (nSPS) is 15.4. The Hall–Kier alpha value is -2.61. The zero-order chi connectivity index (χ0) is 18.5. The molecule has 0 bridgehead atoms. The number of likely N-dealkylation sites (tertiary alicyclic amines) is 1. The third-order valence-electron chi connectivity index (χ3n) is 4.23. The number of halogens is 1. The van der Waals surface area contributed by atoms with E-state index in [-0.39, 0.29) is 5.91 Å². The molecule has 3 rings (SSSR count). The van der Waals surface area contributed by atoms with Crippen LogP contribution in [0.4, 0.5) is 0 Å². The van der Waals surface area contributed by atoms with Crippen molar-refractivity contribution in [2.75, 3.05) is 6.54 Å². The maximum atomic E-state index is 12.8. The Morgan fingerprint density at radius 1 is 1.15 bits per heavy atom. The number of hydrogen-bond acceptors (Lipinski definition) is 3. The Balaban J connectivity index is 1.74. The Kier molecular flexibility index (Phi) is 5.72. The molecule has 136 valence electrons. The summed E-state index contributed by atoms with van der Waals surface area (Å²) in [7, 11) is 0. The highest BCUT2D eigenvalue weighted by Crippen LogP contribution is 2.25. The van der Waals surface area contributed by atoms with Crippen molar-refractivity contribution in [2.45, 2.75) is 25.3 Å². The molecule has 0 saturated carbocycles. The van der Waals surface area contributed by atoms with E-state index in [9.17, 15) is 14.4 Å². The summed E-state index contributed by atoms with van der Waals surface area (Å²) >= 11 is 3.25. The van der Waals surface area contributed by atoms with Gasteiger partial charge in [-0.2, -0.15) is 0 Å². The molecule has 0 spiro atoms. The molecular formula is C18H19BrN4O3. The van der Waals surface area contributed by atoms with Gasteiger partial charge in [0.05, 0.1) is 0 Å². The molecule has 3 N–H and O–H groups in total. The second-order valence-electron chi connectivity index (χ2n) is 6.03. The minimum atomic E-state index is -0.778. The van der Waals surface area contributed by atoms with Crippen LogP contribution in [0, 0.1) is 0 Å². The van der Waals surface area contributed by atoms with Crippen molar-refractivity contribution in [3.05, 3.63) is 58.3 Å². The Bertz CT molecular complexity index is 806. The van der Waals surface area contributed by atoms with Crippen molar-refractivity contribution in [3.8, 4) is 0 Å². The smallest absolute Gasteiger partial charge is 0.286 e. The van der Waals surface area contributed by atoms with Crippen molar-refractivity contribution in [1.82, 2.24) is 20.7 Å². The average Bonchev–Trinajstić information content (AvgIpc) is 3.09. The first-order valence-corrected chi connectivity index (χ1v) is 9.14. The van der Waals surface area contributed by atoms with E-state index in [1.165, 1.54) is 0 Å². The van der Waals surface area contributed by atoms with Gasteiger partial charge in [0.25, 0.3) is 11.8 Å². The number of rotatable bonds is 4. The fourth-order valence-corrected chi connectivity index (χ4v) is 3.30. The van der Waals surface area contributed by atoms with Gasteiger partial charge in [0, 0.05) is 23.6 Å². The van der Waals surface area contributed by atoms with Crippen molar-refractivity contribution in [3.63, 3.8) is 0 Å². The summed E-state index contributed by atoms with van der Waals surface area (Å²) in [5, 5.41) is 0. The first-order chi connectivity index (χ1) is 12.6. The molecule has 3 amide bonds. The third kappa shape index (κ3) is 4.13. The standard InChI is InChI=1S/C18H19BrN4O3/c19-13-10-14(20-11-13)17(25)21-22-18(26)16(12-6-2-1-3-7-12)23-9-5-4-8-15(23)24/h1-3,6-7,10-11,16,20H,4-5,8-9H2,(H,21,25)(H,22,26). The summed E-state index contributed by atoms with van der Waals surface area (Å²) in [4.78, 5) is 41.6. The summed E-state index contributed by atoms with van der Waals surface area (Å²) in [6.07, 6.45) is 3.73. The fourth-order valence-electron chi connectivity index (χ4n) is 2.96. The van der Waals surface area contributed by atoms with Crippen LogP contribution in [0.1, 0.15) is 41.4 Å². The highest BCUT2D eigenvalue weighted by atomic mass is 79.9. The predicted octanol–water partition coefficient (Wildman–Crippen LogP) is 2.29. The zero-order valence-electron chi connectivity index (χ0n) is 14.0. The lowest BCUT2D eigenvalue weighted by Gasteiger charge is -2.34. The van der Waals surface area contributed by atoms with E-state index in [2.05, 4.69) is 31.8 Å². The SMILES string of the molecule is O=C(NNC(=O)C(c1ccccc1)N1CCCCC1=O)c1cc(Br)c[nH]1. The monoisotopic (exact) mass is 418 g/mol. The van der Waals surface area contributed by atoms with Gasteiger partial charge in [-0.05, 0) is 40.4 Å².